The van der Waals surface area contributed by atoms with Gasteiger partial charge in [-0.25, -0.2) is 0 Å². The van der Waals surface area contributed by atoms with E-state index in [1.165, 1.54) is 25.3 Å². The third-order valence-electron chi connectivity index (χ3n) is 4.33. The number of phenolic OH excluding ortho intramolecular Hbond substituents is 2. The number of benzene rings is 1. The van der Waals surface area contributed by atoms with Crippen LogP contribution in [0.3, 0.4) is 0 Å². The van der Waals surface area contributed by atoms with Gasteiger partial charge in [-0.2, -0.15) is 0 Å². The molecule has 0 bridgehead atoms. The van der Waals surface area contributed by atoms with Crippen molar-refractivity contribution in [3.8, 4) is 11.5 Å². The van der Waals surface area contributed by atoms with E-state index < -0.39 is 0 Å². The molecule has 1 saturated heterocycles. The second-order valence-corrected chi connectivity index (χ2v) is 6.51. The Bertz CT molecular complexity index is 422. The molecule has 1 atom stereocenters. The maximum Gasteiger partial charge on any atom is 0.119 e. The second-order valence-electron chi connectivity index (χ2n) is 6.51. The van der Waals surface area contributed by atoms with E-state index in [0.29, 0.717) is 5.41 Å². The van der Waals surface area contributed by atoms with Crippen molar-refractivity contribution in [3.05, 3.63) is 23.8 Å². The molecule has 1 fully saturated rings. The first-order valence-corrected chi connectivity index (χ1v) is 7.14. The maximum atomic E-state index is 9.60. The molecule has 2 rings (SSSR count). The summed E-state index contributed by atoms with van der Waals surface area (Å²) in [6.45, 7) is 8.97. The SMILES string of the molecule is CC(c1cc(O)cc(O)c1)N1CCCC(C)(C)CC1. The quantitative estimate of drug-likeness (QED) is 0.855. The minimum atomic E-state index is 0.136. The molecule has 0 saturated carbocycles. The van der Waals surface area contributed by atoms with Gasteiger partial charge in [0.2, 0.25) is 0 Å². The van der Waals surface area contributed by atoms with Gasteiger partial charge >= 0.3 is 0 Å². The van der Waals surface area contributed by atoms with Crippen molar-refractivity contribution >= 4 is 0 Å². The Balaban J connectivity index is 2.12. The number of phenols is 2. The Morgan fingerprint density at radius 2 is 1.68 bits per heavy atom. The standard InChI is InChI=1S/C16H25NO2/c1-12(13-9-14(18)11-15(19)10-13)17-7-4-5-16(2,3)6-8-17/h9-12,18-19H,4-8H2,1-3H3. The molecule has 19 heavy (non-hydrogen) atoms. The third kappa shape index (κ3) is 3.63. The van der Waals surface area contributed by atoms with Crippen molar-refractivity contribution < 1.29 is 10.2 Å². The van der Waals surface area contributed by atoms with Gasteiger partial charge in [-0.1, -0.05) is 13.8 Å². The average Bonchev–Trinajstić information content (AvgIpc) is 2.48. The van der Waals surface area contributed by atoms with Crippen molar-refractivity contribution in [2.45, 2.75) is 46.1 Å². The van der Waals surface area contributed by atoms with Gasteiger partial charge in [-0.05, 0) is 62.4 Å². The molecule has 0 spiro atoms. The summed E-state index contributed by atoms with van der Waals surface area (Å²) in [5.74, 6) is 0.272. The van der Waals surface area contributed by atoms with E-state index in [4.69, 9.17) is 0 Å². The zero-order valence-electron chi connectivity index (χ0n) is 12.2. The molecule has 3 heteroatoms. The molecule has 106 valence electrons. The Morgan fingerprint density at radius 3 is 2.32 bits per heavy atom. The molecule has 3 nitrogen and oxygen atoms in total. The summed E-state index contributed by atoms with van der Waals surface area (Å²) in [5.41, 5.74) is 1.41. The highest BCUT2D eigenvalue weighted by molar-refractivity contribution is 5.38. The summed E-state index contributed by atoms with van der Waals surface area (Å²) >= 11 is 0. The van der Waals surface area contributed by atoms with Gasteiger partial charge in [0.1, 0.15) is 11.5 Å². The zero-order chi connectivity index (χ0) is 14.0. The van der Waals surface area contributed by atoms with E-state index in [2.05, 4.69) is 25.7 Å². The Morgan fingerprint density at radius 1 is 1.05 bits per heavy atom. The first-order chi connectivity index (χ1) is 8.87. The van der Waals surface area contributed by atoms with Gasteiger partial charge < -0.3 is 10.2 Å². The molecule has 1 aromatic rings. The van der Waals surface area contributed by atoms with Crippen LogP contribution in [0.15, 0.2) is 18.2 Å². The lowest BCUT2D eigenvalue weighted by molar-refractivity contribution is 0.207. The molecule has 0 aromatic heterocycles. The highest BCUT2D eigenvalue weighted by Gasteiger charge is 2.26. The number of hydrogen-bond acceptors (Lipinski definition) is 3. The molecule has 0 amide bonds. The predicted octanol–water partition coefficient (Wildman–Crippen LogP) is 3.67. The van der Waals surface area contributed by atoms with Crippen molar-refractivity contribution in [3.63, 3.8) is 0 Å². The summed E-state index contributed by atoms with van der Waals surface area (Å²) in [7, 11) is 0. The number of rotatable bonds is 2. The molecule has 1 unspecified atom stereocenters. The van der Waals surface area contributed by atoms with Crippen LogP contribution < -0.4 is 0 Å². The van der Waals surface area contributed by atoms with Gasteiger partial charge in [0.15, 0.2) is 0 Å². The van der Waals surface area contributed by atoms with Gasteiger partial charge in [0.25, 0.3) is 0 Å². The van der Waals surface area contributed by atoms with Gasteiger partial charge in [-0.15, -0.1) is 0 Å². The van der Waals surface area contributed by atoms with E-state index >= 15 is 0 Å². The number of nitrogens with zero attached hydrogens (tertiary/aromatic N) is 1. The fraction of sp³-hybridized carbons (Fsp3) is 0.625. The molecule has 1 aliphatic rings. The monoisotopic (exact) mass is 263 g/mol. The normalized spacial score (nSPS) is 21.8. The Labute approximate surface area is 115 Å². The van der Waals surface area contributed by atoms with E-state index in [1.807, 2.05) is 0 Å². The zero-order valence-corrected chi connectivity index (χ0v) is 12.2. The lowest BCUT2D eigenvalue weighted by Crippen LogP contribution is -2.28. The van der Waals surface area contributed by atoms with E-state index in [1.54, 1.807) is 12.1 Å². The Hall–Kier alpha value is -1.22. The second kappa shape index (κ2) is 5.41. The minimum Gasteiger partial charge on any atom is -0.508 e. The summed E-state index contributed by atoms with van der Waals surface area (Å²) < 4.78 is 0. The number of likely N-dealkylation sites (tertiary alicyclic amines) is 1. The molecular weight excluding hydrogens is 238 g/mol. The first-order valence-electron chi connectivity index (χ1n) is 7.14. The van der Waals surface area contributed by atoms with Crippen LogP contribution in [-0.2, 0) is 0 Å². The van der Waals surface area contributed by atoms with Gasteiger partial charge in [-0.3, -0.25) is 4.90 Å². The van der Waals surface area contributed by atoms with Crippen LogP contribution in [0.25, 0.3) is 0 Å². The van der Waals surface area contributed by atoms with Crippen LogP contribution >= 0.6 is 0 Å². The van der Waals surface area contributed by atoms with Crippen molar-refractivity contribution in [1.29, 1.82) is 0 Å². The summed E-state index contributed by atoms with van der Waals surface area (Å²) in [5, 5.41) is 19.2. The maximum absolute atomic E-state index is 9.60. The molecule has 1 aliphatic heterocycles. The first kappa shape index (κ1) is 14.2. The van der Waals surface area contributed by atoms with Crippen molar-refractivity contribution in [2.75, 3.05) is 13.1 Å². The van der Waals surface area contributed by atoms with Gasteiger partial charge in [0.05, 0.1) is 0 Å². The van der Waals surface area contributed by atoms with Crippen LogP contribution in [0.1, 0.15) is 51.6 Å². The smallest absolute Gasteiger partial charge is 0.119 e. The highest BCUT2D eigenvalue weighted by Crippen LogP contribution is 2.34. The number of aromatic hydroxyl groups is 2. The molecule has 0 aliphatic carbocycles. The Kier molecular flexibility index (Phi) is 4.04. The van der Waals surface area contributed by atoms with Crippen LogP contribution in [0.4, 0.5) is 0 Å². The average molecular weight is 263 g/mol. The lowest BCUT2D eigenvalue weighted by Gasteiger charge is -2.29. The predicted molar refractivity (Wildman–Crippen MR) is 77.4 cm³/mol. The van der Waals surface area contributed by atoms with E-state index in [0.717, 1.165) is 18.7 Å². The molecule has 0 radical (unpaired) electrons. The van der Waals surface area contributed by atoms with Gasteiger partial charge in [0, 0.05) is 12.1 Å². The van der Waals surface area contributed by atoms with Crippen molar-refractivity contribution in [2.24, 2.45) is 5.41 Å². The molecule has 1 heterocycles. The van der Waals surface area contributed by atoms with Crippen LogP contribution in [0.2, 0.25) is 0 Å². The van der Waals surface area contributed by atoms with Crippen LogP contribution in [-0.4, -0.2) is 28.2 Å². The molecular formula is C16H25NO2. The van der Waals surface area contributed by atoms with Crippen molar-refractivity contribution in [1.82, 2.24) is 4.90 Å². The summed E-state index contributed by atoms with van der Waals surface area (Å²) in [6.07, 6.45) is 3.67. The third-order valence-corrected chi connectivity index (χ3v) is 4.33. The van der Waals surface area contributed by atoms with E-state index in [9.17, 15) is 10.2 Å². The fourth-order valence-corrected chi connectivity index (χ4v) is 2.90. The largest absolute Gasteiger partial charge is 0.508 e. The number of hydrogen-bond donors (Lipinski definition) is 2. The minimum absolute atomic E-state index is 0.136. The van der Waals surface area contributed by atoms with Crippen LogP contribution in [0, 0.1) is 5.41 Å². The topological polar surface area (TPSA) is 43.7 Å². The summed E-state index contributed by atoms with van der Waals surface area (Å²) in [6, 6.07) is 5.11. The fourth-order valence-electron chi connectivity index (χ4n) is 2.90. The highest BCUT2D eigenvalue weighted by atomic mass is 16.3. The lowest BCUT2D eigenvalue weighted by atomic mass is 9.85. The molecule has 2 N–H and O–H groups in total. The summed E-state index contributed by atoms with van der Waals surface area (Å²) in [4.78, 5) is 2.45. The molecule has 1 aromatic carbocycles. The van der Waals surface area contributed by atoms with E-state index in [-0.39, 0.29) is 17.5 Å². The van der Waals surface area contributed by atoms with Crippen LogP contribution in [0.5, 0.6) is 11.5 Å².